The van der Waals surface area contributed by atoms with Crippen molar-refractivity contribution in [2.24, 2.45) is 0 Å². The van der Waals surface area contributed by atoms with Crippen molar-refractivity contribution in [2.45, 2.75) is 13.8 Å². The van der Waals surface area contributed by atoms with Gasteiger partial charge in [0.25, 0.3) is 5.56 Å². The van der Waals surface area contributed by atoms with Crippen LogP contribution in [0.1, 0.15) is 11.1 Å². The lowest BCUT2D eigenvalue weighted by Crippen LogP contribution is -2.12. The molecule has 0 aliphatic rings. The third-order valence-corrected chi connectivity index (χ3v) is 4.78. The molecular formula is C17H12Cl2N4O. The fraction of sp³-hybridized carbons (Fsp3) is 0.118. The fourth-order valence-corrected chi connectivity index (χ4v) is 2.95. The number of hydrogen-bond donors (Lipinski definition) is 2. The van der Waals surface area contributed by atoms with Gasteiger partial charge in [-0.2, -0.15) is 0 Å². The van der Waals surface area contributed by atoms with Gasteiger partial charge in [-0.1, -0.05) is 23.2 Å². The molecule has 0 aliphatic carbocycles. The molecule has 0 bridgehead atoms. The first-order valence-electron chi connectivity index (χ1n) is 7.29. The van der Waals surface area contributed by atoms with E-state index in [1.165, 1.54) is 0 Å². The van der Waals surface area contributed by atoms with Gasteiger partial charge in [0.15, 0.2) is 11.5 Å². The number of nitrogens with one attached hydrogen (secondary N) is 2. The lowest BCUT2D eigenvalue weighted by Gasteiger charge is -2.02. The summed E-state index contributed by atoms with van der Waals surface area (Å²) in [4.78, 5) is 27.2. The molecule has 2 aromatic carbocycles. The molecule has 0 unspecified atom stereocenters. The molecule has 0 radical (unpaired) electrons. The van der Waals surface area contributed by atoms with Gasteiger partial charge >= 0.3 is 0 Å². The molecule has 2 N–H and O–H groups in total. The van der Waals surface area contributed by atoms with E-state index in [1.54, 1.807) is 12.1 Å². The summed E-state index contributed by atoms with van der Waals surface area (Å²) >= 11 is 12.0. The molecule has 120 valence electrons. The van der Waals surface area contributed by atoms with E-state index in [2.05, 4.69) is 19.9 Å². The highest BCUT2D eigenvalue weighted by Gasteiger charge is 2.14. The molecule has 0 atom stereocenters. The Bertz CT molecular complexity index is 1140. The molecule has 0 saturated heterocycles. The van der Waals surface area contributed by atoms with Crippen LogP contribution in [0.4, 0.5) is 0 Å². The van der Waals surface area contributed by atoms with Gasteiger partial charge in [-0.3, -0.25) is 4.79 Å². The molecule has 0 spiro atoms. The van der Waals surface area contributed by atoms with Gasteiger partial charge in [-0.25, -0.2) is 9.97 Å². The van der Waals surface area contributed by atoms with Crippen LogP contribution in [0, 0.1) is 13.8 Å². The summed E-state index contributed by atoms with van der Waals surface area (Å²) in [6.07, 6.45) is 0. The maximum absolute atomic E-state index is 12.4. The predicted molar refractivity (Wildman–Crippen MR) is 96.9 cm³/mol. The number of imidazole rings is 1. The number of aromatic nitrogens is 4. The quantitative estimate of drug-likeness (QED) is 0.529. The standard InChI is InChI=1S/C17H12Cl2N4O/c1-7-3-11-12(4-8(7)2)22-16(21-11)15-17(24)23-14-6-10(19)9(18)5-13(14)20-15/h3-6H,1-2H3,(H,21,22)(H,23,24). The minimum absolute atomic E-state index is 0.215. The molecule has 4 rings (SSSR count). The number of H-pyrrole nitrogens is 2. The largest absolute Gasteiger partial charge is 0.336 e. The lowest BCUT2D eigenvalue weighted by molar-refractivity contribution is 1.17. The smallest absolute Gasteiger partial charge is 0.278 e. The average molecular weight is 359 g/mol. The number of nitrogens with zero attached hydrogens (tertiary/aromatic N) is 2. The zero-order valence-electron chi connectivity index (χ0n) is 12.9. The summed E-state index contributed by atoms with van der Waals surface area (Å²) in [7, 11) is 0. The average Bonchev–Trinajstić information content (AvgIpc) is 2.91. The number of fused-ring (bicyclic) bond motifs is 2. The number of hydrogen-bond acceptors (Lipinski definition) is 3. The van der Waals surface area contributed by atoms with Gasteiger partial charge in [-0.15, -0.1) is 0 Å². The molecule has 2 aromatic heterocycles. The van der Waals surface area contributed by atoms with Crippen molar-refractivity contribution in [3.8, 4) is 11.5 Å². The summed E-state index contributed by atoms with van der Waals surface area (Å²) in [5, 5.41) is 0.745. The van der Waals surface area contributed by atoms with Crippen molar-refractivity contribution in [3.05, 3.63) is 55.8 Å². The number of benzene rings is 2. The molecule has 24 heavy (non-hydrogen) atoms. The van der Waals surface area contributed by atoms with Gasteiger partial charge in [0.05, 0.1) is 32.1 Å². The molecule has 0 saturated carbocycles. The Kier molecular flexibility index (Phi) is 3.37. The highest BCUT2D eigenvalue weighted by molar-refractivity contribution is 6.42. The maximum Gasteiger partial charge on any atom is 0.278 e. The van der Waals surface area contributed by atoms with E-state index in [4.69, 9.17) is 23.2 Å². The van der Waals surface area contributed by atoms with Gasteiger partial charge in [0, 0.05) is 0 Å². The Hall–Kier alpha value is -2.37. The number of halogens is 2. The second-order valence-electron chi connectivity index (χ2n) is 5.74. The van der Waals surface area contributed by atoms with E-state index in [1.807, 2.05) is 26.0 Å². The summed E-state index contributed by atoms with van der Waals surface area (Å²) < 4.78 is 0. The third kappa shape index (κ3) is 2.37. The first-order valence-corrected chi connectivity index (χ1v) is 8.04. The minimum Gasteiger partial charge on any atom is -0.336 e. The summed E-state index contributed by atoms with van der Waals surface area (Å²) in [5.41, 5.74) is 4.91. The van der Waals surface area contributed by atoms with Crippen molar-refractivity contribution < 1.29 is 0 Å². The number of aryl methyl sites for hydroxylation is 2. The van der Waals surface area contributed by atoms with Crippen LogP contribution >= 0.6 is 23.2 Å². The first-order chi connectivity index (χ1) is 11.4. The second kappa shape index (κ2) is 5.33. The highest BCUT2D eigenvalue weighted by Crippen LogP contribution is 2.26. The fourth-order valence-electron chi connectivity index (χ4n) is 2.62. The normalized spacial score (nSPS) is 11.5. The molecule has 0 aliphatic heterocycles. The van der Waals surface area contributed by atoms with Crippen molar-refractivity contribution in [1.82, 2.24) is 19.9 Å². The maximum atomic E-state index is 12.4. The Balaban J connectivity index is 1.97. The van der Waals surface area contributed by atoms with Crippen LogP contribution < -0.4 is 5.56 Å². The van der Waals surface area contributed by atoms with Crippen LogP contribution in [-0.2, 0) is 0 Å². The van der Waals surface area contributed by atoms with E-state index in [0.29, 0.717) is 26.9 Å². The van der Waals surface area contributed by atoms with Crippen molar-refractivity contribution in [2.75, 3.05) is 0 Å². The van der Waals surface area contributed by atoms with Crippen LogP contribution in [0.25, 0.3) is 33.6 Å². The summed E-state index contributed by atoms with van der Waals surface area (Å²) in [6, 6.07) is 7.20. The summed E-state index contributed by atoms with van der Waals surface area (Å²) in [6.45, 7) is 4.05. The third-order valence-electron chi connectivity index (χ3n) is 4.06. The second-order valence-corrected chi connectivity index (χ2v) is 6.55. The molecule has 4 aromatic rings. The zero-order valence-corrected chi connectivity index (χ0v) is 14.4. The number of aromatic amines is 2. The van der Waals surface area contributed by atoms with Crippen LogP contribution in [0.3, 0.4) is 0 Å². The van der Waals surface area contributed by atoms with E-state index >= 15 is 0 Å². The Morgan fingerprint density at radius 2 is 1.46 bits per heavy atom. The zero-order chi connectivity index (χ0) is 17.0. The lowest BCUT2D eigenvalue weighted by atomic mass is 10.1. The first kappa shape index (κ1) is 15.2. The monoisotopic (exact) mass is 358 g/mol. The Morgan fingerprint density at radius 1 is 0.833 bits per heavy atom. The van der Waals surface area contributed by atoms with Crippen molar-refractivity contribution in [1.29, 1.82) is 0 Å². The molecule has 7 heteroatoms. The van der Waals surface area contributed by atoms with E-state index in [-0.39, 0.29) is 11.3 Å². The van der Waals surface area contributed by atoms with Crippen LogP contribution in [0.5, 0.6) is 0 Å². The molecule has 5 nitrogen and oxygen atoms in total. The van der Waals surface area contributed by atoms with Crippen molar-refractivity contribution in [3.63, 3.8) is 0 Å². The Labute approximate surface area is 146 Å². The number of rotatable bonds is 1. The molecule has 0 fully saturated rings. The molecular weight excluding hydrogens is 347 g/mol. The minimum atomic E-state index is -0.339. The van der Waals surface area contributed by atoms with E-state index in [0.717, 1.165) is 22.2 Å². The van der Waals surface area contributed by atoms with Gasteiger partial charge in [-0.05, 0) is 49.2 Å². The SMILES string of the molecule is Cc1cc2nc(-c3nc4cc(Cl)c(Cl)cc4[nH]c3=O)[nH]c2cc1C. The van der Waals surface area contributed by atoms with E-state index < -0.39 is 0 Å². The van der Waals surface area contributed by atoms with Gasteiger partial charge in [0.1, 0.15) is 0 Å². The van der Waals surface area contributed by atoms with Gasteiger partial charge in [0.2, 0.25) is 0 Å². The van der Waals surface area contributed by atoms with Gasteiger partial charge < -0.3 is 9.97 Å². The van der Waals surface area contributed by atoms with Crippen LogP contribution in [0.15, 0.2) is 29.1 Å². The van der Waals surface area contributed by atoms with Crippen LogP contribution in [0.2, 0.25) is 10.0 Å². The van der Waals surface area contributed by atoms with E-state index in [9.17, 15) is 4.79 Å². The topological polar surface area (TPSA) is 74.4 Å². The highest BCUT2D eigenvalue weighted by atomic mass is 35.5. The molecule has 0 amide bonds. The molecule has 2 heterocycles. The Morgan fingerprint density at radius 3 is 2.25 bits per heavy atom. The summed E-state index contributed by atoms with van der Waals surface area (Å²) in [5.74, 6) is 0.421. The predicted octanol–water partition coefficient (Wildman–Crippen LogP) is 4.39. The van der Waals surface area contributed by atoms with Crippen LogP contribution in [-0.4, -0.2) is 19.9 Å². The van der Waals surface area contributed by atoms with Crippen molar-refractivity contribution >= 4 is 45.3 Å².